The normalized spacial score (nSPS) is 10.2. The summed E-state index contributed by atoms with van der Waals surface area (Å²) in [6.45, 7) is 2.60. The number of rotatable bonds is 6. The number of phenols is 2. The Morgan fingerprint density at radius 1 is 0.893 bits per heavy atom. The molecule has 0 aliphatic heterocycles. The van der Waals surface area contributed by atoms with Gasteiger partial charge in [-0.25, -0.2) is 14.4 Å². The fourth-order valence-electron chi connectivity index (χ4n) is 2.52. The van der Waals surface area contributed by atoms with Crippen LogP contribution in [0.5, 0.6) is 23.0 Å². The monoisotopic (exact) mass is 390 g/mol. The van der Waals surface area contributed by atoms with Crippen molar-refractivity contribution in [1.29, 1.82) is 0 Å². The van der Waals surface area contributed by atoms with Crippen LogP contribution in [0, 0.1) is 13.8 Å². The van der Waals surface area contributed by atoms with Crippen LogP contribution >= 0.6 is 0 Å². The van der Waals surface area contributed by atoms with Gasteiger partial charge in [0.25, 0.3) is 0 Å². The van der Waals surface area contributed by atoms with Crippen molar-refractivity contribution in [3.63, 3.8) is 0 Å². The van der Waals surface area contributed by atoms with Crippen molar-refractivity contribution in [2.75, 3.05) is 13.7 Å². The van der Waals surface area contributed by atoms with Crippen LogP contribution < -0.4 is 9.47 Å². The van der Waals surface area contributed by atoms with E-state index in [-0.39, 0.29) is 34.8 Å². The molecule has 0 amide bonds. The average molecular weight is 390 g/mol. The SMILES string of the molecule is COC(=O)COc1cc(C)c(C(=O)Oc2cc(C)c(C(=O)O)c(O)c2)c(O)c1. The van der Waals surface area contributed by atoms with E-state index >= 15 is 0 Å². The molecule has 0 aliphatic carbocycles. The Hall–Kier alpha value is -3.75. The number of ether oxygens (including phenoxy) is 3. The minimum Gasteiger partial charge on any atom is -0.507 e. The molecule has 2 aromatic rings. The van der Waals surface area contributed by atoms with Crippen LogP contribution in [0.15, 0.2) is 24.3 Å². The molecule has 0 radical (unpaired) electrons. The highest BCUT2D eigenvalue weighted by Gasteiger charge is 2.21. The summed E-state index contributed by atoms with van der Waals surface area (Å²) in [4.78, 5) is 34.6. The molecule has 2 rings (SSSR count). The Balaban J connectivity index is 2.25. The van der Waals surface area contributed by atoms with Gasteiger partial charge in [-0.3, -0.25) is 0 Å². The molecule has 0 aromatic heterocycles. The van der Waals surface area contributed by atoms with Crippen molar-refractivity contribution >= 4 is 17.9 Å². The van der Waals surface area contributed by atoms with Crippen LogP contribution in [0.25, 0.3) is 0 Å². The smallest absolute Gasteiger partial charge is 0.347 e. The van der Waals surface area contributed by atoms with E-state index in [9.17, 15) is 24.6 Å². The molecule has 0 heterocycles. The quantitative estimate of drug-likeness (QED) is 0.500. The summed E-state index contributed by atoms with van der Waals surface area (Å²) in [5.74, 6) is -3.78. The Bertz CT molecular complexity index is 900. The van der Waals surface area contributed by atoms with E-state index in [0.29, 0.717) is 5.56 Å². The van der Waals surface area contributed by atoms with Crippen molar-refractivity contribution in [3.05, 3.63) is 46.5 Å². The largest absolute Gasteiger partial charge is 0.507 e. The Morgan fingerprint density at radius 3 is 1.96 bits per heavy atom. The maximum absolute atomic E-state index is 12.4. The summed E-state index contributed by atoms with van der Waals surface area (Å²) in [5, 5.41) is 29.0. The highest BCUT2D eigenvalue weighted by atomic mass is 16.6. The highest BCUT2D eigenvalue weighted by molar-refractivity contribution is 5.96. The van der Waals surface area contributed by atoms with E-state index in [1.807, 2.05) is 0 Å². The number of esters is 2. The second-order valence-corrected chi connectivity index (χ2v) is 5.83. The van der Waals surface area contributed by atoms with Crippen molar-refractivity contribution in [3.8, 4) is 23.0 Å². The van der Waals surface area contributed by atoms with Crippen molar-refractivity contribution < 1.29 is 43.9 Å². The van der Waals surface area contributed by atoms with Gasteiger partial charge in [-0.2, -0.15) is 0 Å². The number of hydrogen-bond donors (Lipinski definition) is 3. The summed E-state index contributed by atoms with van der Waals surface area (Å²) in [7, 11) is 1.20. The molecule has 0 saturated carbocycles. The molecule has 0 spiro atoms. The number of hydrogen-bond acceptors (Lipinski definition) is 8. The standard InChI is InChI=1S/C19H18O9/c1-9-5-12(7-13(20)16(9)18(23)24)28-19(25)17-10(2)4-11(6-14(17)21)27-8-15(22)26-3/h4-7,20-21H,8H2,1-3H3,(H,23,24). The van der Waals surface area contributed by atoms with E-state index in [1.54, 1.807) is 0 Å². The van der Waals surface area contributed by atoms with Gasteiger partial charge >= 0.3 is 17.9 Å². The fourth-order valence-corrected chi connectivity index (χ4v) is 2.52. The predicted octanol–water partition coefficient (Wildman–Crippen LogP) is 2.18. The summed E-state index contributed by atoms with van der Waals surface area (Å²) < 4.78 is 14.8. The molecule has 0 unspecified atom stereocenters. The van der Waals surface area contributed by atoms with E-state index < -0.39 is 29.4 Å². The first-order valence-electron chi connectivity index (χ1n) is 7.96. The van der Waals surface area contributed by atoms with Gasteiger partial charge in [-0.05, 0) is 37.1 Å². The molecule has 3 N–H and O–H groups in total. The van der Waals surface area contributed by atoms with Crippen LogP contribution in [0.3, 0.4) is 0 Å². The first kappa shape index (κ1) is 20.6. The van der Waals surface area contributed by atoms with Gasteiger partial charge < -0.3 is 29.5 Å². The lowest BCUT2D eigenvalue weighted by atomic mass is 10.1. The summed E-state index contributed by atoms with van der Waals surface area (Å²) in [5.41, 5.74) is 0.0616. The van der Waals surface area contributed by atoms with Gasteiger partial charge in [0.15, 0.2) is 6.61 Å². The number of carboxylic acids is 1. The van der Waals surface area contributed by atoms with Crippen molar-refractivity contribution in [2.45, 2.75) is 13.8 Å². The lowest BCUT2D eigenvalue weighted by molar-refractivity contribution is -0.142. The number of aromatic carboxylic acids is 1. The number of methoxy groups -OCH3 is 1. The van der Waals surface area contributed by atoms with Gasteiger partial charge in [-0.15, -0.1) is 0 Å². The summed E-state index contributed by atoms with van der Waals surface area (Å²) in [6.07, 6.45) is 0. The minimum atomic E-state index is -1.32. The minimum absolute atomic E-state index is 0.0881. The van der Waals surface area contributed by atoms with Gasteiger partial charge in [0.1, 0.15) is 34.1 Å². The third kappa shape index (κ3) is 4.50. The van der Waals surface area contributed by atoms with Crippen molar-refractivity contribution in [2.24, 2.45) is 0 Å². The third-order valence-corrected chi connectivity index (χ3v) is 3.79. The maximum Gasteiger partial charge on any atom is 0.347 e. The zero-order chi connectivity index (χ0) is 21.0. The molecule has 28 heavy (non-hydrogen) atoms. The van der Waals surface area contributed by atoms with Crippen LogP contribution in [-0.2, 0) is 9.53 Å². The molecular weight excluding hydrogens is 372 g/mol. The first-order valence-corrected chi connectivity index (χ1v) is 7.96. The predicted molar refractivity (Wildman–Crippen MR) is 95.1 cm³/mol. The third-order valence-electron chi connectivity index (χ3n) is 3.79. The van der Waals surface area contributed by atoms with E-state index in [1.165, 1.54) is 33.1 Å². The second-order valence-electron chi connectivity index (χ2n) is 5.83. The molecule has 0 atom stereocenters. The van der Waals surface area contributed by atoms with Gasteiger partial charge in [0, 0.05) is 12.1 Å². The number of aromatic hydroxyl groups is 2. The molecule has 0 saturated heterocycles. The number of phenolic OH excluding ortho intramolecular Hbond substituents is 1. The molecular formula is C19H18O9. The molecule has 9 nitrogen and oxygen atoms in total. The number of carbonyl (C=O) groups is 3. The number of carbonyl (C=O) groups excluding carboxylic acids is 2. The molecule has 148 valence electrons. The number of carboxylic acid groups (broad SMARTS) is 1. The lowest BCUT2D eigenvalue weighted by Crippen LogP contribution is -2.14. The topological polar surface area (TPSA) is 140 Å². The Labute approximate surface area is 159 Å². The lowest BCUT2D eigenvalue weighted by Gasteiger charge is -2.13. The molecule has 0 aliphatic rings. The zero-order valence-electron chi connectivity index (χ0n) is 15.3. The van der Waals surface area contributed by atoms with E-state index in [2.05, 4.69) is 4.74 Å². The van der Waals surface area contributed by atoms with Crippen molar-refractivity contribution in [1.82, 2.24) is 0 Å². The zero-order valence-corrected chi connectivity index (χ0v) is 15.3. The maximum atomic E-state index is 12.4. The van der Waals surface area contributed by atoms with E-state index in [0.717, 1.165) is 12.1 Å². The van der Waals surface area contributed by atoms with Crippen LogP contribution in [0.1, 0.15) is 31.8 Å². The van der Waals surface area contributed by atoms with Gasteiger partial charge in [-0.1, -0.05) is 0 Å². The van der Waals surface area contributed by atoms with Gasteiger partial charge in [0.05, 0.1) is 7.11 Å². The Morgan fingerprint density at radius 2 is 1.43 bits per heavy atom. The summed E-state index contributed by atoms with van der Waals surface area (Å²) in [6, 6.07) is 4.84. The molecule has 9 heteroatoms. The fraction of sp³-hybridized carbons (Fsp3) is 0.211. The Kier molecular flexibility index (Phi) is 6.09. The van der Waals surface area contributed by atoms with Crippen LogP contribution in [0.2, 0.25) is 0 Å². The second kappa shape index (κ2) is 8.30. The molecule has 0 bridgehead atoms. The molecule has 2 aromatic carbocycles. The van der Waals surface area contributed by atoms with Crippen LogP contribution in [0.4, 0.5) is 0 Å². The molecule has 0 fully saturated rings. The number of benzene rings is 2. The summed E-state index contributed by atoms with van der Waals surface area (Å²) >= 11 is 0. The van der Waals surface area contributed by atoms with E-state index in [4.69, 9.17) is 14.6 Å². The highest BCUT2D eigenvalue weighted by Crippen LogP contribution is 2.31. The first-order chi connectivity index (χ1) is 13.1. The number of aryl methyl sites for hydroxylation is 2. The van der Waals surface area contributed by atoms with Crippen LogP contribution in [-0.4, -0.2) is 46.9 Å². The average Bonchev–Trinajstić information content (AvgIpc) is 2.57. The van der Waals surface area contributed by atoms with Gasteiger partial charge in [0.2, 0.25) is 0 Å².